The number of nitrogens with two attached hydrogens (primary N) is 1. The van der Waals surface area contributed by atoms with Crippen molar-refractivity contribution in [3.05, 3.63) is 29.8 Å². The lowest BCUT2D eigenvalue weighted by atomic mass is 10.1. The van der Waals surface area contributed by atoms with E-state index in [1.807, 2.05) is 12.1 Å². The Kier molecular flexibility index (Phi) is 2.73. The molecule has 2 rings (SSSR count). The summed E-state index contributed by atoms with van der Waals surface area (Å²) in [5.74, 6) is 1.27. The van der Waals surface area contributed by atoms with Crippen LogP contribution in [0.2, 0.25) is 0 Å². The molecule has 1 amide bonds. The highest BCUT2D eigenvalue weighted by molar-refractivity contribution is 5.88. The van der Waals surface area contributed by atoms with E-state index in [-0.39, 0.29) is 5.91 Å². The second-order valence-electron chi connectivity index (χ2n) is 4.14. The predicted octanol–water partition coefficient (Wildman–Crippen LogP) is 1.71. The fraction of sp³-hybridized carbons (Fsp3) is 0.417. The Labute approximate surface area is 89.7 Å². The minimum Gasteiger partial charge on any atom is -0.330 e. The Bertz CT molecular complexity index is 358. The lowest BCUT2D eigenvalue weighted by molar-refractivity contribution is -0.114. The van der Waals surface area contributed by atoms with Crippen molar-refractivity contribution in [2.24, 2.45) is 11.7 Å². The van der Waals surface area contributed by atoms with Gasteiger partial charge in [-0.05, 0) is 42.5 Å². The van der Waals surface area contributed by atoms with E-state index in [2.05, 4.69) is 17.4 Å². The van der Waals surface area contributed by atoms with E-state index in [0.717, 1.165) is 12.2 Å². The molecule has 1 saturated carbocycles. The minimum absolute atomic E-state index is 0.0333. The van der Waals surface area contributed by atoms with Crippen LogP contribution in [0.4, 0.5) is 5.69 Å². The monoisotopic (exact) mass is 204 g/mol. The summed E-state index contributed by atoms with van der Waals surface area (Å²) < 4.78 is 0. The Morgan fingerprint density at radius 1 is 1.47 bits per heavy atom. The SMILES string of the molecule is CC(=O)Nc1ccc(C2CC2CN)cc1. The number of carbonyl (C=O) groups excluding carboxylic acids is 1. The molecule has 0 spiro atoms. The molecule has 1 aromatic carbocycles. The van der Waals surface area contributed by atoms with Crippen LogP contribution in [0.1, 0.15) is 24.8 Å². The highest BCUT2D eigenvalue weighted by atomic mass is 16.1. The predicted molar refractivity (Wildman–Crippen MR) is 60.6 cm³/mol. The Morgan fingerprint density at radius 3 is 2.60 bits per heavy atom. The maximum Gasteiger partial charge on any atom is 0.221 e. The summed E-state index contributed by atoms with van der Waals surface area (Å²) in [7, 11) is 0. The van der Waals surface area contributed by atoms with Crippen LogP contribution in [-0.2, 0) is 4.79 Å². The second-order valence-corrected chi connectivity index (χ2v) is 4.14. The second kappa shape index (κ2) is 4.03. The van der Waals surface area contributed by atoms with E-state index in [1.165, 1.54) is 18.9 Å². The van der Waals surface area contributed by atoms with Gasteiger partial charge in [0.05, 0.1) is 0 Å². The number of rotatable bonds is 3. The van der Waals surface area contributed by atoms with Gasteiger partial charge in [-0.3, -0.25) is 4.79 Å². The third kappa shape index (κ3) is 2.36. The molecule has 0 radical (unpaired) electrons. The molecule has 1 aliphatic carbocycles. The molecular weight excluding hydrogens is 188 g/mol. The summed E-state index contributed by atoms with van der Waals surface area (Å²) in [6.45, 7) is 2.29. The lowest BCUT2D eigenvalue weighted by Crippen LogP contribution is -2.05. The zero-order valence-corrected chi connectivity index (χ0v) is 8.86. The lowest BCUT2D eigenvalue weighted by Gasteiger charge is -2.03. The standard InChI is InChI=1S/C12H16N2O/c1-8(15)14-11-4-2-9(3-5-11)12-6-10(12)7-13/h2-5,10,12H,6-7,13H2,1H3,(H,14,15). The zero-order valence-electron chi connectivity index (χ0n) is 8.86. The van der Waals surface area contributed by atoms with E-state index in [9.17, 15) is 4.79 Å². The Balaban J connectivity index is 2.02. The molecule has 3 heteroatoms. The average Bonchev–Trinajstić information content (AvgIpc) is 2.97. The number of nitrogens with one attached hydrogen (secondary N) is 1. The molecule has 15 heavy (non-hydrogen) atoms. The van der Waals surface area contributed by atoms with Crippen molar-refractivity contribution in [1.82, 2.24) is 0 Å². The molecule has 0 aliphatic heterocycles. The smallest absolute Gasteiger partial charge is 0.221 e. The van der Waals surface area contributed by atoms with Crippen molar-refractivity contribution < 1.29 is 4.79 Å². The van der Waals surface area contributed by atoms with Crippen LogP contribution < -0.4 is 11.1 Å². The molecule has 0 heterocycles. The van der Waals surface area contributed by atoms with E-state index < -0.39 is 0 Å². The normalized spacial score (nSPS) is 23.6. The molecule has 0 aromatic heterocycles. The minimum atomic E-state index is -0.0333. The molecule has 2 atom stereocenters. The molecule has 80 valence electrons. The van der Waals surface area contributed by atoms with Gasteiger partial charge < -0.3 is 11.1 Å². The largest absolute Gasteiger partial charge is 0.330 e. The number of benzene rings is 1. The first-order chi connectivity index (χ1) is 7.20. The van der Waals surface area contributed by atoms with Crippen molar-refractivity contribution in [1.29, 1.82) is 0 Å². The highest BCUT2D eigenvalue weighted by Gasteiger charge is 2.36. The molecule has 3 N–H and O–H groups in total. The number of amides is 1. The quantitative estimate of drug-likeness (QED) is 0.787. The van der Waals surface area contributed by atoms with Crippen LogP contribution in [0, 0.1) is 5.92 Å². The van der Waals surface area contributed by atoms with E-state index in [0.29, 0.717) is 11.8 Å². The molecular formula is C12H16N2O. The molecule has 1 aliphatic rings. The van der Waals surface area contributed by atoms with Crippen LogP contribution >= 0.6 is 0 Å². The summed E-state index contributed by atoms with van der Waals surface area (Å²) in [6, 6.07) is 8.04. The zero-order chi connectivity index (χ0) is 10.8. The summed E-state index contributed by atoms with van der Waals surface area (Å²) in [5.41, 5.74) is 7.79. The van der Waals surface area contributed by atoms with E-state index in [1.54, 1.807) is 0 Å². The number of hydrogen-bond acceptors (Lipinski definition) is 2. The van der Waals surface area contributed by atoms with Gasteiger partial charge in [-0.2, -0.15) is 0 Å². The van der Waals surface area contributed by atoms with Gasteiger partial charge in [-0.1, -0.05) is 12.1 Å². The van der Waals surface area contributed by atoms with Gasteiger partial charge >= 0.3 is 0 Å². The van der Waals surface area contributed by atoms with Gasteiger partial charge in [-0.25, -0.2) is 0 Å². The van der Waals surface area contributed by atoms with Crippen molar-refractivity contribution >= 4 is 11.6 Å². The van der Waals surface area contributed by atoms with E-state index in [4.69, 9.17) is 5.73 Å². The van der Waals surface area contributed by atoms with Crippen LogP contribution in [0.5, 0.6) is 0 Å². The van der Waals surface area contributed by atoms with Crippen LogP contribution in [0.3, 0.4) is 0 Å². The molecule has 1 fully saturated rings. The van der Waals surface area contributed by atoms with Gasteiger partial charge in [-0.15, -0.1) is 0 Å². The maximum absolute atomic E-state index is 10.8. The van der Waals surface area contributed by atoms with Crippen molar-refractivity contribution in [2.75, 3.05) is 11.9 Å². The van der Waals surface area contributed by atoms with Crippen LogP contribution in [0.25, 0.3) is 0 Å². The molecule has 0 bridgehead atoms. The van der Waals surface area contributed by atoms with E-state index >= 15 is 0 Å². The number of anilines is 1. The van der Waals surface area contributed by atoms with Gasteiger partial charge in [0, 0.05) is 12.6 Å². The first-order valence-corrected chi connectivity index (χ1v) is 5.28. The third-order valence-electron chi connectivity index (χ3n) is 2.88. The summed E-state index contributed by atoms with van der Waals surface area (Å²) in [6.07, 6.45) is 1.20. The molecule has 0 saturated heterocycles. The number of carbonyl (C=O) groups is 1. The Hall–Kier alpha value is -1.35. The molecule has 3 nitrogen and oxygen atoms in total. The fourth-order valence-corrected chi connectivity index (χ4v) is 1.93. The summed E-state index contributed by atoms with van der Waals surface area (Å²) >= 11 is 0. The summed E-state index contributed by atoms with van der Waals surface area (Å²) in [4.78, 5) is 10.8. The first-order valence-electron chi connectivity index (χ1n) is 5.28. The maximum atomic E-state index is 10.8. The van der Waals surface area contributed by atoms with Crippen molar-refractivity contribution in [2.45, 2.75) is 19.3 Å². The molecule has 2 unspecified atom stereocenters. The van der Waals surface area contributed by atoms with Crippen LogP contribution in [0.15, 0.2) is 24.3 Å². The van der Waals surface area contributed by atoms with Gasteiger partial charge in [0.2, 0.25) is 5.91 Å². The highest BCUT2D eigenvalue weighted by Crippen LogP contribution is 2.46. The van der Waals surface area contributed by atoms with Gasteiger partial charge in [0.25, 0.3) is 0 Å². The average molecular weight is 204 g/mol. The van der Waals surface area contributed by atoms with Gasteiger partial charge in [0.15, 0.2) is 0 Å². The Morgan fingerprint density at radius 2 is 2.13 bits per heavy atom. The number of hydrogen-bond donors (Lipinski definition) is 2. The van der Waals surface area contributed by atoms with Crippen LogP contribution in [-0.4, -0.2) is 12.5 Å². The third-order valence-corrected chi connectivity index (χ3v) is 2.88. The fourth-order valence-electron chi connectivity index (χ4n) is 1.93. The van der Waals surface area contributed by atoms with Gasteiger partial charge in [0.1, 0.15) is 0 Å². The van der Waals surface area contributed by atoms with Crippen molar-refractivity contribution in [3.8, 4) is 0 Å². The first kappa shape index (κ1) is 10.2. The van der Waals surface area contributed by atoms with Crippen molar-refractivity contribution in [3.63, 3.8) is 0 Å². The summed E-state index contributed by atoms with van der Waals surface area (Å²) in [5, 5.41) is 2.75. The molecule has 1 aromatic rings. The topological polar surface area (TPSA) is 55.1 Å².